The van der Waals surface area contributed by atoms with Crippen molar-refractivity contribution in [3.8, 4) is 0 Å². The van der Waals surface area contributed by atoms with Gasteiger partial charge in [0, 0.05) is 5.75 Å². The van der Waals surface area contributed by atoms with Crippen LogP contribution in [0.25, 0.3) is 0 Å². The van der Waals surface area contributed by atoms with Crippen molar-refractivity contribution in [2.45, 2.75) is 37.4 Å². The van der Waals surface area contributed by atoms with Gasteiger partial charge in [0.15, 0.2) is 0 Å². The number of rotatable bonds is 11. The predicted octanol–water partition coefficient (Wildman–Crippen LogP) is -2.58. The standard InChI is InChI=1S/C12H24N4O5S/c13-4-2-1-3-7(14)10(18)16-9(6-22)11(19)15-8(5-17)12(20)21/h7-9,17,22H,1-6,13-14H2,(H,15,19)(H,16,18)(H,20,21)/t7-,8-,9-/m0/s1. The molecule has 8 N–H and O–H groups in total. The van der Waals surface area contributed by atoms with Crippen molar-refractivity contribution in [3.05, 3.63) is 0 Å². The molecule has 0 aliphatic rings. The molecule has 9 nitrogen and oxygen atoms in total. The van der Waals surface area contributed by atoms with Crippen molar-refractivity contribution in [2.75, 3.05) is 18.9 Å². The molecule has 0 aromatic rings. The number of aliphatic hydroxyl groups is 1. The second-order valence-electron chi connectivity index (χ2n) is 4.72. The molecule has 128 valence electrons. The minimum atomic E-state index is -1.44. The van der Waals surface area contributed by atoms with E-state index in [1.54, 1.807) is 0 Å². The average Bonchev–Trinajstić information content (AvgIpc) is 2.49. The number of nitrogens with two attached hydrogens (primary N) is 2. The van der Waals surface area contributed by atoms with Gasteiger partial charge in [0.2, 0.25) is 11.8 Å². The van der Waals surface area contributed by atoms with Gasteiger partial charge in [0.1, 0.15) is 12.1 Å². The molecule has 22 heavy (non-hydrogen) atoms. The van der Waals surface area contributed by atoms with Gasteiger partial charge in [-0.3, -0.25) is 9.59 Å². The highest BCUT2D eigenvalue weighted by Crippen LogP contribution is 2.00. The van der Waals surface area contributed by atoms with Crippen LogP contribution >= 0.6 is 12.6 Å². The fraction of sp³-hybridized carbons (Fsp3) is 0.750. The lowest BCUT2D eigenvalue weighted by Gasteiger charge is -2.21. The van der Waals surface area contributed by atoms with E-state index in [-0.39, 0.29) is 5.75 Å². The highest BCUT2D eigenvalue weighted by Gasteiger charge is 2.26. The lowest BCUT2D eigenvalue weighted by Crippen LogP contribution is -2.55. The number of carbonyl (C=O) groups is 3. The average molecular weight is 336 g/mol. The molecule has 0 rings (SSSR count). The first-order chi connectivity index (χ1) is 10.4. The van der Waals surface area contributed by atoms with Gasteiger partial charge in [0.05, 0.1) is 12.6 Å². The molecule has 0 unspecified atom stereocenters. The Bertz CT molecular complexity index is 383. The van der Waals surface area contributed by atoms with Crippen LogP contribution in [-0.2, 0) is 14.4 Å². The summed E-state index contributed by atoms with van der Waals surface area (Å²) in [7, 11) is 0. The van der Waals surface area contributed by atoms with Crippen molar-refractivity contribution in [2.24, 2.45) is 11.5 Å². The summed E-state index contributed by atoms with van der Waals surface area (Å²) in [5.41, 5.74) is 11.0. The maximum Gasteiger partial charge on any atom is 0.328 e. The minimum Gasteiger partial charge on any atom is -0.480 e. The predicted molar refractivity (Wildman–Crippen MR) is 83.3 cm³/mol. The number of carboxylic acids is 1. The van der Waals surface area contributed by atoms with E-state index in [9.17, 15) is 14.4 Å². The number of hydrogen-bond acceptors (Lipinski definition) is 7. The summed E-state index contributed by atoms with van der Waals surface area (Å²) in [6, 6.07) is -3.26. The van der Waals surface area contributed by atoms with E-state index >= 15 is 0 Å². The first-order valence-corrected chi connectivity index (χ1v) is 7.51. The van der Waals surface area contributed by atoms with E-state index in [1.165, 1.54) is 0 Å². The largest absolute Gasteiger partial charge is 0.480 e. The Hall–Kier alpha value is -1.36. The van der Waals surface area contributed by atoms with Gasteiger partial charge in [-0.25, -0.2) is 4.79 Å². The SMILES string of the molecule is NCCCC[C@H](N)C(=O)N[C@@H](CS)C(=O)N[C@@H](CO)C(=O)O. The zero-order chi connectivity index (χ0) is 17.1. The highest BCUT2D eigenvalue weighted by molar-refractivity contribution is 7.80. The van der Waals surface area contributed by atoms with Crippen molar-refractivity contribution >= 4 is 30.4 Å². The second-order valence-corrected chi connectivity index (χ2v) is 5.08. The molecule has 0 heterocycles. The number of nitrogens with one attached hydrogen (secondary N) is 2. The molecule has 0 aromatic heterocycles. The second kappa shape index (κ2) is 11.2. The quantitative estimate of drug-likeness (QED) is 0.160. The molecule has 0 bridgehead atoms. The molecule has 0 saturated heterocycles. The number of aliphatic carboxylic acids is 1. The summed E-state index contributed by atoms with van der Waals surface area (Å²) in [6.07, 6.45) is 1.86. The molecule has 0 radical (unpaired) electrons. The summed E-state index contributed by atoms with van der Waals surface area (Å²) in [5.74, 6) is -2.69. The van der Waals surface area contributed by atoms with Gasteiger partial charge < -0.3 is 32.3 Å². The summed E-state index contributed by atoms with van der Waals surface area (Å²) in [4.78, 5) is 34.5. The summed E-state index contributed by atoms with van der Waals surface area (Å²) in [5, 5.41) is 22.1. The number of amides is 2. The van der Waals surface area contributed by atoms with Crippen LogP contribution in [0, 0.1) is 0 Å². The lowest BCUT2D eigenvalue weighted by molar-refractivity contribution is -0.143. The molecule has 0 fully saturated rings. The van der Waals surface area contributed by atoms with Crippen LogP contribution in [0.5, 0.6) is 0 Å². The van der Waals surface area contributed by atoms with Crippen LogP contribution < -0.4 is 22.1 Å². The Morgan fingerprint density at radius 2 is 1.68 bits per heavy atom. The number of thiol groups is 1. The highest BCUT2D eigenvalue weighted by atomic mass is 32.1. The number of aliphatic hydroxyl groups excluding tert-OH is 1. The molecule has 0 aliphatic heterocycles. The monoisotopic (exact) mass is 336 g/mol. The van der Waals surface area contributed by atoms with Crippen molar-refractivity contribution in [3.63, 3.8) is 0 Å². The Kier molecular flexibility index (Phi) is 10.5. The van der Waals surface area contributed by atoms with Gasteiger partial charge in [-0.2, -0.15) is 12.6 Å². The van der Waals surface area contributed by atoms with Crippen LogP contribution in [0.2, 0.25) is 0 Å². The van der Waals surface area contributed by atoms with Crippen LogP contribution in [0.1, 0.15) is 19.3 Å². The van der Waals surface area contributed by atoms with Crippen molar-refractivity contribution in [1.29, 1.82) is 0 Å². The zero-order valence-corrected chi connectivity index (χ0v) is 13.1. The number of carbonyl (C=O) groups excluding carboxylic acids is 2. The number of unbranched alkanes of at least 4 members (excludes halogenated alkanes) is 1. The van der Waals surface area contributed by atoms with Gasteiger partial charge in [-0.1, -0.05) is 6.42 Å². The normalized spacial score (nSPS) is 14.7. The van der Waals surface area contributed by atoms with E-state index in [2.05, 4.69) is 23.3 Å². The topological polar surface area (TPSA) is 168 Å². The molecule has 2 amide bonds. The first-order valence-electron chi connectivity index (χ1n) is 6.88. The maximum absolute atomic E-state index is 11.9. The fourth-order valence-corrected chi connectivity index (χ4v) is 1.83. The first kappa shape index (κ1) is 20.6. The lowest BCUT2D eigenvalue weighted by atomic mass is 10.1. The van der Waals surface area contributed by atoms with Gasteiger partial charge in [-0.05, 0) is 19.4 Å². The summed E-state index contributed by atoms with van der Waals surface area (Å²) >= 11 is 3.94. The third kappa shape index (κ3) is 7.59. The van der Waals surface area contributed by atoms with Crippen molar-refractivity contribution in [1.82, 2.24) is 10.6 Å². The summed E-state index contributed by atoms with van der Waals surface area (Å²) < 4.78 is 0. The minimum absolute atomic E-state index is 0.0368. The third-order valence-electron chi connectivity index (χ3n) is 2.92. The van der Waals surface area contributed by atoms with Crippen LogP contribution in [-0.4, -0.2) is 65.0 Å². The Morgan fingerprint density at radius 3 is 2.14 bits per heavy atom. The maximum atomic E-state index is 11.9. The van der Waals surface area contributed by atoms with Gasteiger partial charge in [0.25, 0.3) is 0 Å². The summed E-state index contributed by atoms with van der Waals surface area (Å²) in [6.45, 7) is -0.249. The van der Waals surface area contributed by atoms with E-state index < -0.39 is 42.5 Å². The third-order valence-corrected chi connectivity index (χ3v) is 3.28. The molecule has 10 heteroatoms. The Morgan fingerprint density at radius 1 is 1.09 bits per heavy atom. The number of hydrogen-bond donors (Lipinski definition) is 7. The molecular formula is C12H24N4O5S. The van der Waals surface area contributed by atoms with Crippen LogP contribution in [0.3, 0.4) is 0 Å². The zero-order valence-electron chi connectivity index (χ0n) is 12.2. The fourth-order valence-electron chi connectivity index (χ4n) is 1.57. The van der Waals surface area contributed by atoms with E-state index in [0.29, 0.717) is 19.4 Å². The van der Waals surface area contributed by atoms with E-state index in [0.717, 1.165) is 6.42 Å². The molecule has 0 spiro atoms. The van der Waals surface area contributed by atoms with Crippen LogP contribution in [0.15, 0.2) is 0 Å². The number of carboxylic acid groups (broad SMARTS) is 1. The van der Waals surface area contributed by atoms with Crippen molar-refractivity contribution < 1.29 is 24.6 Å². The Balaban J connectivity index is 4.47. The molecule has 3 atom stereocenters. The van der Waals surface area contributed by atoms with Gasteiger partial charge >= 0.3 is 5.97 Å². The molecule has 0 aromatic carbocycles. The molecule has 0 aliphatic carbocycles. The Labute approximate surface area is 134 Å². The smallest absolute Gasteiger partial charge is 0.328 e. The molecule has 0 saturated carbocycles. The van der Waals surface area contributed by atoms with Gasteiger partial charge in [-0.15, -0.1) is 0 Å². The van der Waals surface area contributed by atoms with E-state index in [1.807, 2.05) is 0 Å². The van der Waals surface area contributed by atoms with E-state index in [4.69, 9.17) is 21.7 Å². The van der Waals surface area contributed by atoms with Crippen LogP contribution in [0.4, 0.5) is 0 Å². The molecular weight excluding hydrogens is 312 g/mol.